The van der Waals surface area contributed by atoms with Crippen LogP contribution in [0.4, 0.5) is 0 Å². The van der Waals surface area contributed by atoms with Crippen molar-refractivity contribution in [3.63, 3.8) is 0 Å². The van der Waals surface area contributed by atoms with Crippen LogP contribution in [-0.2, 0) is 4.79 Å². The minimum Gasteiger partial charge on any atom is -0.313 e. The second-order valence-corrected chi connectivity index (χ2v) is 6.07. The number of carbonyl (C=O) groups is 1. The molecule has 3 heteroatoms. The molecule has 2 aliphatic rings. The zero-order valence-corrected chi connectivity index (χ0v) is 12.2. The van der Waals surface area contributed by atoms with Gasteiger partial charge in [-0.2, -0.15) is 0 Å². The third-order valence-corrected chi connectivity index (χ3v) is 4.76. The molecule has 1 N–H and O–H groups in total. The zero-order chi connectivity index (χ0) is 13.7. The van der Waals surface area contributed by atoms with E-state index in [1.165, 1.54) is 38.2 Å². The molecule has 3 atom stereocenters. The van der Waals surface area contributed by atoms with Gasteiger partial charge < -0.3 is 5.32 Å². The van der Waals surface area contributed by atoms with Gasteiger partial charge in [-0.3, -0.25) is 9.69 Å². The van der Waals surface area contributed by atoms with Crippen LogP contribution in [0.5, 0.6) is 0 Å². The van der Waals surface area contributed by atoms with E-state index in [0.717, 1.165) is 32.0 Å². The van der Waals surface area contributed by atoms with Crippen LogP contribution in [0.25, 0.3) is 0 Å². The number of ketones is 1. The van der Waals surface area contributed by atoms with Crippen LogP contribution in [0.1, 0.15) is 45.4 Å². The fourth-order valence-corrected chi connectivity index (χ4v) is 3.48. The Morgan fingerprint density at radius 3 is 2.84 bits per heavy atom. The molecule has 2 rings (SSSR count). The molecule has 2 saturated heterocycles. The molecule has 0 bridgehead atoms. The summed E-state index contributed by atoms with van der Waals surface area (Å²) in [6.07, 6.45) is 8.81. The van der Waals surface area contributed by atoms with Crippen LogP contribution >= 0.6 is 0 Å². The highest BCUT2D eigenvalue weighted by Crippen LogP contribution is 2.26. The molecule has 2 heterocycles. The Morgan fingerprint density at radius 2 is 2.21 bits per heavy atom. The Morgan fingerprint density at radius 1 is 1.37 bits per heavy atom. The van der Waals surface area contributed by atoms with Crippen LogP contribution in [0.3, 0.4) is 0 Å². The van der Waals surface area contributed by atoms with Crippen molar-refractivity contribution in [1.82, 2.24) is 10.2 Å². The van der Waals surface area contributed by atoms with Crippen molar-refractivity contribution in [3.8, 4) is 0 Å². The Kier molecular flexibility index (Phi) is 5.59. The Bertz CT molecular complexity index is 310. The highest BCUT2D eigenvalue weighted by atomic mass is 16.1. The lowest BCUT2D eigenvalue weighted by molar-refractivity contribution is -0.121. The van der Waals surface area contributed by atoms with E-state index in [-0.39, 0.29) is 11.8 Å². The maximum absolute atomic E-state index is 12.0. The Balaban J connectivity index is 1.97. The number of likely N-dealkylation sites (tertiary alicyclic amines) is 1. The summed E-state index contributed by atoms with van der Waals surface area (Å²) in [5.41, 5.74) is 0. The molecule has 0 aromatic rings. The van der Waals surface area contributed by atoms with E-state index in [2.05, 4.69) is 23.7 Å². The summed E-state index contributed by atoms with van der Waals surface area (Å²) in [5.74, 6) is 0.975. The third kappa shape index (κ3) is 3.90. The smallest absolute Gasteiger partial charge is 0.172 e. The highest BCUT2D eigenvalue weighted by molar-refractivity contribution is 5.93. The highest BCUT2D eigenvalue weighted by Gasteiger charge is 2.32. The van der Waals surface area contributed by atoms with Crippen LogP contribution in [0, 0.1) is 5.92 Å². The lowest BCUT2D eigenvalue weighted by atomic mass is 9.88. The van der Waals surface area contributed by atoms with Gasteiger partial charge in [0.15, 0.2) is 5.78 Å². The molecule has 2 fully saturated rings. The molecule has 19 heavy (non-hydrogen) atoms. The number of carbonyl (C=O) groups excluding carboxylic acids is 1. The first kappa shape index (κ1) is 14.7. The summed E-state index contributed by atoms with van der Waals surface area (Å²) in [6.45, 7) is 9.17. The lowest BCUT2D eigenvalue weighted by Crippen LogP contribution is -2.53. The number of hydrogen-bond donors (Lipinski definition) is 1. The topological polar surface area (TPSA) is 32.3 Å². The standard InChI is InChI=1S/C16H28N2O/c1-3-13-8-9-15(16(19)4-2)18(11-13)12-14-7-5-6-10-17-14/h4,13-15,17H,2-3,5-12H2,1H3. The number of piperidine rings is 2. The van der Waals surface area contributed by atoms with E-state index >= 15 is 0 Å². The molecule has 0 amide bonds. The summed E-state index contributed by atoms with van der Waals surface area (Å²) in [6, 6.07) is 0.661. The number of nitrogens with one attached hydrogen (secondary N) is 1. The maximum Gasteiger partial charge on any atom is 0.172 e. The van der Waals surface area contributed by atoms with Crippen molar-refractivity contribution in [1.29, 1.82) is 0 Å². The van der Waals surface area contributed by atoms with E-state index in [0.29, 0.717) is 6.04 Å². The largest absolute Gasteiger partial charge is 0.313 e. The van der Waals surface area contributed by atoms with Crippen LogP contribution in [0.2, 0.25) is 0 Å². The van der Waals surface area contributed by atoms with Gasteiger partial charge in [-0.15, -0.1) is 0 Å². The number of hydrogen-bond acceptors (Lipinski definition) is 3. The van der Waals surface area contributed by atoms with E-state index in [9.17, 15) is 4.79 Å². The van der Waals surface area contributed by atoms with Gasteiger partial charge >= 0.3 is 0 Å². The molecule has 3 nitrogen and oxygen atoms in total. The number of rotatable bonds is 5. The van der Waals surface area contributed by atoms with Crippen molar-refractivity contribution < 1.29 is 4.79 Å². The van der Waals surface area contributed by atoms with Crippen molar-refractivity contribution >= 4 is 5.78 Å². The minimum absolute atomic E-state index is 0.0871. The van der Waals surface area contributed by atoms with E-state index in [1.54, 1.807) is 0 Å². The van der Waals surface area contributed by atoms with Gasteiger partial charge in [0.1, 0.15) is 0 Å². The van der Waals surface area contributed by atoms with E-state index in [1.807, 2.05) is 0 Å². The molecule has 3 unspecified atom stereocenters. The Labute approximate surface area is 117 Å². The molecule has 0 radical (unpaired) electrons. The van der Waals surface area contributed by atoms with Crippen molar-refractivity contribution in [2.75, 3.05) is 19.6 Å². The average molecular weight is 264 g/mol. The number of nitrogens with zero attached hydrogens (tertiary/aromatic N) is 1. The monoisotopic (exact) mass is 264 g/mol. The summed E-state index contributed by atoms with van der Waals surface area (Å²) >= 11 is 0. The molecular formula is C16H28N2O. The van der Waals surface area contributed by atoms with Crippen molar-refractivity contribution in [2.24, 2.45) is 5.92 Å². The first-order valence-corrected chi connectivity index (χ1v) is 7.88. The predicted molar refractivity (Wildman–Crippen MR) is 79.2 cm³/mol. The maximum atomic E-state index is 12.0. The van der Waals surface area contributed by atoms with Gasteiger partial charge in [-0.25, -0.2) is 0 Å². The average Bonchev–Trinajstić information content (AvgIpc) is 2.47. The third-order valence-electron chi connectivity index (χ3n) is 4.76. The Hall–Kier alpha value is -0.670. The van der Waals surface area contributed by atoms with Crippen LogP contribution in [-0.4, -0.2) is 42.4 Å². The molecule has 0 aromatic carbocycles. The molecular weight excluding hydrogens is 236 g/mol. The van der Waals surface area contributed by atoms with Crippen LogP contribution in [0.15, 0.2) is 12.7 Å². The summed E-state index contributed by atoms with van der Waals surface area (Å²) in [7, 11) is 0. The molecule has 108 valence electrons. The molecule has 0 aliphatic carbocycles. The minimum atomic E-state index is 0.0871. The first-order valence-electron chi connectivity index (χ1n) is 7.88. The zero-order valence-electron chi connectivity index (χ0n) is 12.2. The predicted octanol–water partition coefficient (Wildman–Crippen LogP) is 2.37. The molecule has 0 saturated carbocycles. The van der Waals surface area contributed by atoms with Gasteiger partial charge in [0.2, 0.25) is 0 Å². The van der Waals surface area contributed by atoms with Crippen molar-refractivity contribution in [3.05, 3.63) is 12.7 Å². The van der Waals surface area contributed by atoms with Gasteiger partial charge in [-0.1, -0.05) is 26.3 Å². The first-order chi connectivity index (χ1) is 9.24. The normalized spacial score (nSPS) is 33.0. The SMILES string of the molecule is C=CC(=O)C1CCC(CC)CN1CC1CCCCN1. The second-order valence-electron chi connectivity index (χ2n) is 6.07. The van der Waals surface area contributed by atoms with Gasteiger partial charge in [0, 0.05) is 19.1 Å². The summed E-state index contributed by atoms with van der Waals surface area (Å²) < 4.78 is 0. The fourth-order valence-electron chi connectivity index (χ4n) is 3.48. The molecule has 0 aromatic heterocycles. The van der Waals surface area contributed by atoms with Gasteiger partial charge in [0.05, 0.1) is 6.04 Å². The van der Waals surface area contributed by atoms with Crippen molar-refractivity contribution in [2.45, 2.75) is 57.5 Å². The quantitative estimate of drug-likeness (QED) is 0.774. The van der Waals surface area contributed by atoms with Crippen LogP contribution < -0.4 is 5.32 Å². The van der Waals surface area contributed by atoms with E-state index in [4.69, 9.17) is 0 Å². The van der Waals surface area contributed by atoms with E-state index < -0.39 is 0 Å². The summed E-state index contributed by atoms with van der Waals surface area (Å²) in [4.78, 5) is 14.5. The lowest BCUT2D eigenvalue weighted by Gasteiger charge is -2.40. The molecule has 0 spiro atoms. The van der Waals surface area contributed by atoms with Gasteiger partial charge in [0.25, 0.3) is 0 Å². The van der Waals surface area contributed by atoms with Gasteiger partial charge in [-0.05, 0) is 44.2 Å². The fraction of sp³-hybridized carbons (Fsp3) is 0.812. The molecule has 2 aliphatic heterocycles. The second kappa shape index (κ2) is 7.20. The summed E-state index contributed by atoms with van der Waals surface area (Å²) in [5, 5.41) is 3.60.